The van der Waals surface area contributed by atoms with Crippen molar-refractivity contribution in [2.45, 2.75) is 0 Å². The minimum absolute atomic E-state index is 0.524. The lowest BCUT2D eigenvalue weighted by Crippen LogP contribution is -1.83. The number of hydrogen-bond acceptors (Lipinski definition) is 1. The smallest absolute Gasteiger partial charge is 0.129 e. The van der Waals surface area contributed by atoms with E-state index >= 15 is 0 Å². The Morgan fingerprint density at radius 3 is 2.41 bits per heavy atom. The van der Waals surface area contributed by atoms with E-state index in [1.165, 1.54) is 10.8 Å². The molecular weight excluding hydrogens is 230 g/mol. The Labute approximate surface area is 105 Å². The first kappa shape index (κ1) is 10.3. The lowest BCUT2D eigenvalue weighted by molar-refractivity contribution is 1.33. The molecular formula is C15H10ClN. The maximum Gasteiger partial charge on any atom is 0.129 e. The van der Waals surface area contributed by atoms with Crippen LogP contribution in [0.3, 0.4) is 0 Å². The summed E-state index contributed by atoms with van der Waals surface area (Å²) in [5.74, 6) is 0. The number of rotatable bonds is 1. The zero-order valence-corrected chi connectivity index (χ0v) is 9.85. The Bertz CT molecular complexity index is 676. The molecule has 0 radical (unpaired) electrons. The van der Waals surface area contributed by atoms with Gasteiger partial charge in [-0.25, -0.2) is 4.98 Å². The third-order valence-electron chi connectivity index (χ3n) is 2.76. The number of hydrogen-bond donors (Lipinski definition) is 0. The standard InChI is InChI=1S/C15H10ClN/c16-15-7-3-6-14(17-15)13-9-8-11-4-1-2-5-12(11)10-13/h1-10H. The molecule has 0 bridgehead atoms. The third kappa shape index (κ3) is 2.02. The molecule has 0 atom stereocenters. The highest BCUT2D eigenvalue weighted by molar-refractivity contribution is 6.29. The molecule has 0 saturated heterocycles. The summed E-state index contributed by atoms with van der Waals surface area (Å²) >= 11 is 5.90. The lowest BCUT2D eigenvalue weighted by atomic mass is 10.0. The van der Waals surface area contributed by atoms with Crippen LogP contribution in [0.4, 0.5) is 0 Å². The highest BCUT2D eigenvalue weighted by Gasteiger charge is 2.01. The minimum Gasteiger partial charge on any atom is -0.236 e. The molecule has 1 nitrogen and oxygen atoms in total. The lowest BCUT2D eigenvalue weighted by Gasteiger charge is -2.03. The molecule has 0 spiro atoms. The van der Waals surface area contributed by atoms with Gasteiger partial charge in [-0.1, -0.05) is 54.1 Å². The predicted octanol–water partition coefficient (Wildman–Crippen LogP) is 4.56. The van der Waals surface area contributed by atoms with Crippen LogP contribution in [-0.2, 0) is 0 Å². The fourth-order valence-electron chi connectivity index (χ4n) is 1.92. The van der Waals surface area contributed by atoms with Crippen LogP contribution in [0.1, 0.15) is 0 Å². The minimum atomic E-state index is 0.524. The number of aromatic nitrogens is 1. The van der Waals surface area contributed by atoms with Gasteiger partial charge in [-0.05, 0) is 29.0 Å². The highest BCUT2D eigenvalue weighted by atomic mass is 35.5. The second-order valence-electron chi connectivity index (χ2n) is 3.91. The van der Waals surface area contributed by atoms with Gasteiger partial charge in [0.2, 0.25) is 0 Å². The van der Waals surface area contributed by atoms with E-state index in [1.54, 1.807) is 6.07 Å². The molecule has 0 fully saturated rings. The molecule has 0 N–H and O–H groups in total. The van der Waals surface area contributed by atoms with E-state index in [0.29, 0.717) is 5.15 Å². The summed E-state index contributed by atoms with van der Waals surface area (Å²) in [7, 11) is 0. The van der Waals surface area contributed by atoms with E-state index in [4.69, 9.17) is 11.6 Å². The molecule has 82 valence electrons. The van der Waals surface area contributed by atoms with Crippen LogP contribution in [0.2, 0.25) is 5.15 Å². The fraction of sp³-hybridized carbons (Fsp3) is 0. The molecule has 2 heteroatoms. The molecule has 1 aromatic heterocycles. The first-order chi connectivity index (χ1) is 8.33. The molecule has 0 saturated carbocycles. The largest absolute Gasteiger partial charge is 0.236 e. The summed E-state index contributed by atoms with van der Waals surface area (Å²) in [5, 5.41) is 2.97. The van der Waals surface area contributed by atoms with Gasteiger partial charge < -0.3 is 0 Å². The summed E-state index contributed by atoms with van der Waals surface area (Å²) in [4.78, 5) is 4.32. The average molecular weight is 240 g/mol. The van der Waals surface area contributed by atoms with E-state index in [9.17, 15) is 0 Å². The first-order valence-corrected chi connectivity index (χ1v) is 5.82. The van der Waals surface area contributed by atoms with Gasteiger partial charge in [-0.3, -0.25) is 0 Å². The number of benzene rings is 2. The molecule has 1 heterocycles. The number of pyridine rings is 1. The third-order valence-corrected chi connectivity index (χ3v) is 2.97. The molecule has 3 rings (SSSR count). The van der Waals surface area contributed by atoms with E-state index in [0.717, 1.165) is 11.3 Å². The molecule has 2 aromatic carbocycles. The van der Waals surface area contributed by atoms with Crippen LogP contribution in [0, 0.1) is 0 Å². The normalized spacial score (nSPS) is 10.6. The van der Waals surface area contributed by atoms with Gasteiger partial charge in [0, 0.05) is 5.56 Å². The van der Waals surface area contributed by atoms with E-state index in [2.05, 4.69) is 35.3 Å². The van der Waals surface area contributed by atoms with Crippen molar-refractivity contribution in [3.05, 3.63) is 65.8 Å². The number of nitrogens with zero attached hydrogens (tertiary/aromatic N) is 1. The maximum absolute atomic E-state index is 5.90. The topological polar surface area (TPSA) is 12.9 Å². The summed E-state index contributed by atoms with van der Waals surface area (Å²) in [6.45, 7) is 0. The van der Waals surface area contributed by atoms with Crippen molar-refractivity contribution in [2.75, 3.05) is 0 Å². The van der Waals surface area contributed by atoms with Gasteiger partial charge in [-0.2, -0.15) is 0 Å². The van der Waals surface area contributed by atoms with Crippen molar-refractivity contribution in [3.8, 4) is 11.3 Å². The molecule has 0 amide bonds. The van der Waals surface area contributed by atoms with Crippen molar-refractivity contribution < 1.29 is 0 Å². The Morgan fingerprint density at radius 2 is 1.59 bits per heavy atom. The van der Waals surface area contributed by atoms with Crippen LogP contribution in [-0.4, -0.2) is 4.98 Å². The number of halogens is 1. The van der Waals surface area contributed by atoms with E-state index in [-0.39, 0.29) is 0 Å². The number of fused-ring (bicyclic) bond motifs is 1. The van der Waals surface area contributed by atoms with Gasteiger partial charge in [0.1, 0.15) is 5.15 Å². The Balaban J connectivity index is 2.18. The maximum atomic E-state index is 5.90. The highest BCUT2D eigenvalue weighted by Crippen LogP contribution is 2.23. The van der Waals surface area contributed by atoms with Crippen molar-refractivity contribution in [1.29, 1.82) is 0 Å². The second kappa shape index (κ2) is 4.19. The quantitative estimate of drug-likeness (QED) is 0.568. The predicted molar refractivity (Wildman–Crippen MR) is 72.2 cm³/mol. The van der Waals surface area contributed by atoms with Crippen LogP contribution in [0.15, 0.2) is 60.7 Å². The summed E-state index contributed by atoms with van der Waals surface area (Å²) in [6.07, 6.45) is 0. The van der Waals surface area contributed by atoms with Crippen molar-refractivity contribution in [2.24, 2.45) is 0 Å². The van der Waals surface area contributed by atoms with Crippen LogP contribution < -0.4 is 0 Å². The van der Waals surface area contributed by atoms with Crippen molar-refractivity contribution >= 4 is 22.4 Å². The van der Waals surface area contributed by atoms with Gasteiger partial charge in [-0.15, -0.1) is 0 Å². The van der Waals surface area contributed by atoms with Gasteiger partial charge in [0.15, 0.2) is 0 Å². The molecule has 0 unspecified atom stereocenters. The van der Waals surface area contributed by atoms with Crippen molar-refractivity contribution in [1.82, 2.24) is 4.98 Å². The molecule has 0 aliphatic carbocycles. The summed E-state index contributed by atoms with van der Waals surface area (Å²) < 4.78 is 0. The monoisotopic (exact) mass is 239 g/mol. The van der Waals surface area contributed by atoms with E-state index in [1.807, 2.05) is 24.3 Å². The Kier molecular flexibility index (Phi) is 2.54. The van der Waals surface area contributed by atoms with Gasteiger partial charge in [0.25, 0.3) is 0 Å². The zero-order valence-electron chi connectivity index (χ0n) is 9.10. The zero-order chi connectivity index (χ0) is 11.7. The Morgan fingerprint density at radius 1 is 0.765 bits per heavy atom. The average Bonchev–Trinajstić information content (AvgIpc) is 2.38. The first-order valence-electron chi connectivity index (χ1n) is 5.45. The Hall–Kier alpha value is -1.86. The van der Waals surface area contributed by atoms with Gasteiger partial charge >= 0.3 is 0 Å². The molecule has 0 aliphatic heterocycles. The van der Waals surface area contributed by atoms with Crippen LogP contribution in [0.25, 0.3) is 22.0 Å². The SMILES string of the molecule is Clc1cccc(-c2ccc3ccccc3c2)n1. The summed E-state index contributed by atoms with van der Waals surface area (Å²) in [6, 6.07) is 20.3. The summed E-state index contributed by atoms with van der Waals surface area (Å²) in [5.41, 5.74) is 1.99. The molecule has 3 aromatic rings. The second-order valence-corrected chi connectivity index (χ2v) is 4.29. The van der Waals surface area contributed by atoms with Crippen LogP contribution >= 0.6 is 11.6 Å². The van der Waals surface area contributed by atoms with Gasteiger partial charge in [0.05, 0.1) is 5.69 Å². The molecule has 17 heavy (non-hydrogen) atoms. The molecule has 0 aliphatic rings. The fourth-order valence-corrected chi connectivity index (χ4v) is 2.08. The van der Waals surface area contributed by atoms with Crippen molar-refractivity contribution in [3.63, 3.8) is 0 Å². The van der Waals surface area contributed by atoms with Crippen LogP contribution in [0.5, 0.6) is 0 Å². The van der Waals surface area contributed by atoms with E-state index < -0.39 is 0 Å².